The second-order valence-electron chi connectivity index (χ2n) is 5.11. The molecule has 0 radical (unpaired) electrons. The highest BCUT2D eigenvalue weighted by Gasteiger charge is 2.26. The molecule has 1 amide bonds. The highest BCUT2D eigenvalue weighted by Crippen LogP contribution is 2.21. The van der Waals surface area contributed by atoms with E-state index in [1.165, 1.54) is 12.6 Å². The van der Waals surface area contributed by atoms with Crippen molar-refractivity contribution in [3.63, 3.8) is 0 Å². The zero-order valence-corrected chi connectivity index (χ0v) is 13.3. The Morgan fingerprint density at radius 3 is 2.95 bits per heavy atom. The molecule has 0 N–H and O–H groups in total. The number of rotatable bonds is 4. The minimum absolute atomic E-state index is 0.0704. The molecule has 1 aromatic rings. The van der Waals surface area contributed by atoms with Crippen LogP contribution in [-0.2, 0) is 0 Å². The van der Waals surface area contributed by atoms with Gasteiger partial charge in [-0.25, -0.2) is 4.98 Å². The second-order valence-corrected chi connectivity index (χ2v) is 5.87. The van der Waals surface area contributed by atoms with Crippen LogP contribution in [0.3, 0.4) is 0 Å². The van der Waals surface area contributed by atoms with Crippen LogP contribution in [0, 0.1) is 0 Å². The summed E-state index contributed by atoms with van der Waals surface area (Å²) in [4.78, 5) is 20.4. The van der Waals surface area contributed by atoms with Gasteiger partial charge in [-0.05, 0) is 32.0 Å². The van der Waals surface area contributed by atoms with Crippen molar-refractivity contribution in [1.29, 1.82) is 0 Å². The quantitative estimate of drug-likeness (QED) is 0.801. The van der Waals surface area contributed by atoms with E-state index in [2.05, 4.69) is 16.8 Å². The van der Waals surface area contributed by atoms with Gasteiger partial charge in [0.1, 0.15) is 5.15 Å². The van der Waals surface area contributed by atoms with Crippen molar-refractivity contribution in [2.45, 2.75) is 25.8 Å². The number of likely N-dealkylation sites (tertiary alicyclic amines) is 1. The van der Waals surface area contributed by atoms with Gasteiger partial charge in [0.2, 0.25) is 0 Å². The number of hydrogen-bond donors (Lipinski definition) is 0. The van der Waals surface area contributed by atoms with E-state index in [0.29, 0.717) is 16.6 Å². The maximum Gasteiger partial charge on any atom is 0.255 e. The third-order valence-electron chi connectivity index (χ3n) is 3.78. The number of likely N-dealkylation sites (N-methyl/N-ethyl adjacent to an activating group) is 2. The molecule has 2 heterocycles. The van der Waals surface area contributed by atoms with Crippen LogP contribution in [0.5, 0.6) is 0 Å². The zero-order valence-electron chi connectivity index (χ0n) is 11.8. The average molecular weight is 316 g/mol. The Labute approximate surface area is 129 Å². The standard InChI is InChI=1S/C14H19Cl2N3O/c1-3-19-6-4-5-11(19)9-18(2)14(20)10-7-12(15)13(16)17-8-10/h7-8,11H,3-6,9H2,1-2H3. The molecule has 4 nitrogen and oxygen atoms in total. The lowest BCUT2D eigenvalue weighted by molar-refractivity contribution is 0.0754. The lowest BCUT2D eigenvalue weighted by Gasteiger charge is -2.27. The number of pyridine rings is 1. The van der Waals surface area contributed by atoms with Crippen molar-refractivity contribution >= 4 is 29.1 Å². The minimum atomic E-state index is -0.0704. The van der Waals surface area contributed by atoms with E-state index in [0.717, 1.165) is 26.1 Å². The van der Waals surface area contributed by atoms with Crippen molar-refractivity contribution < 1.29 is 4.79 Å². The predicted octanol–water partition coefficient (Wildman–Crippen LogP) is 2.94. The first kappa shape index (κ1) is 15.5. The summed E-state index contributed by atoms with van der Waals surface area (Å²) in [6.07, 6.45) is 3.82. The number of amides is 1. The van der Waals surface area contributed by atoms with E-state index >= 15 is 0 Å². The summed E-state index contributed by atoms with van der Waals surface area (Å²) in [5.74, 6) is -0.0704. The van der Waals surface area contributed by atoms with Gasteiger partial charge in [0.15, 0.2) is 0 Å². The fraction of sp³-hybridized carbons (Fsp3) is 0.571. The minimum Gasteiger partial charge on any atom is -0.340 e. The Morgan fingerprint density at radius 1 is 1.55 bits per heavy atom. The largest absolute Gasteiger partial charge is 0.340 e. The maximum atomic E-state index is 12.4. The summed E-state index contributed by atoms with van der Waals surface area (Å²) in [5.41, 5.74) is 0.475. The fourth-order valence-corrected chi connectivity index (χ4v) is 2.95. The van der Waals surface area contributed by atoms with Crippen LogP contribution in [0.2, 0.25) is 10.2 Å². The first-order valence-corrected chi connectivity index (χ1v) is 7.59. The van der Waals surface area contributed by atoms with E-state index in [1.807, 2.05) is 7.05 Å². The highest BCUT2D eigenvalue weighted by molar-refractivity contribution is 6.41. The van der Waals surface area contributed by atoms with Crippen molar-refractivity contribution in [2.24, 2.45) is 0 Å². The van der Waals surface area contributed by atoms with E-state index in [9.17, 15) is 4.79 Å². The van der Waals surface area contributed by atoms with Gasteiger partial charge >= 0.3 is 0 Å². The molecule has 0 spiro atoms. The summed E-state index contributed by atoms with van der Waals surface area (Å²) in [7, 11) is 1.82. The predicted molar refractivity (Wildman–Crippen MR) is 81.5 cm³/mol. The second kappa shape index (κ2) is 6.74. The van der Waals surface area contributed by atoms with Gasteiger partial charge in [-0.15, -0.1) is 0 Å². The molecule has 0 bridgehead atoms. The molecule has 20 heavy (non-hydrogen) atoms. The Morgan fingerprint density at radius 2 is 2.30 bits per heavy atom. The number of aromatic nitrogens is 1. The first-order chi connectivity index (χ1) is 9.52. The van der Waals surface area contributed by atoms with Crippen molar-refractivity contribution in [1.82, 2.24) is 14.8 Å². The number of halogens is 2. The van der Waals surface area contributed by atoms with Crippen LogP contribution >= 0.6 is 23.2 Å². The van der Waals surface area contributed by atoms with E-state index in [4.69, 9.17) is 23.2 Å². The topological polar surface area (TPSA) is 36.4 Å². The van der Waals surface area contributed by atoms with Crippen LogP contribution < -0.4 is 0 Å². The van der Waals surface area contributed by atoms with E-state index < -0.39 is 0 Å². The molecule has 110 valence electrons. The highest BCUT2D eigenvalue weighted by atomic mass is 35.5. The van der Waals surface area contributed by atoms with Crippen molar-refractivity contribution in [2.75, 3.05) is 26.7 Å². The molecule has 6 heteroatoms. The summed E-state index contributed by atoms with van der Waals surface area (Å²) >= 11 is 11.7. The summed E-state index contributed by atoms with van der Waals surface area (Å²) in [6, 6.07) is 2.02. The molecular weight excluding hydrogens is 297 g/mol. The van der Waals surface area contributed by atoms with Gasteiger partial charge in [0.05, 0.1) is 10.6 Å². The number of carbonyl (C=O) groups is 1. The lowest BCUT2D eigenvalue weighted by Crippen LogP contribution is -2.41. The van der Waals surface area contributed by atoms with E-state index in [-0.39, 0.29) is 11.1 Å². The third kappa shape index (κ3) is 3.43. The SMILES string of the molecule is CCN1CCCC1CN(C)C(=O)c1cnc(Cl)c(Cl)c1. The van der Waals surface area contributed by atoms with Gasteiger partial charge in [0, 0.05) is 25.8 Å². The number of nitrogens with zero attached hydrogens (tertiary/aromatic N) is 3. The molecule has 1 aliphatic heterocycles. The molecule has 1 saturated heterocycles. The van der Waals surface area contributed by atoms with Crippen LogP contribution in [0.4, 0.5) is 0 Å². The summed E-state index contributed by atoms with van der Waals surface area (Å²) in [6.45, 7) is 5.04. The lowest BCUT2D eigenvalue weighted by atomic mass is 10.2. The van der Waals surface area contributed by atoms with Gasteiger partial charge in [-0.1, -0.05) is 30.1 Å². The van der Waals surface area contributed by atoms with Gasteiger partial charge in [-0.3, -0.25) is 9.69 Å². The smallest absolute Gasteiger partial charge is 0.255 e. The Balaban J connectivity index is 2.03. The summed E-state index contributed by atoms with van der Waals surface area (Å²) in [5, 5.41) is 0.529. The number of carbonyl (C=O) groups excluding carboxylic acids is 1. The number of hydrogen-bond acceptors (Lipinski definition) is 3. The monoisotopic (exact) mass is 315 g/mol. The van der Waals surface area contributed by atoms with Gasteiger partial charge in [-0.2, -0.15) is 0 Å². The first-order valence-electron chi connectivity index (χ1n) is 6.83. The molecule has 2 rings (SSSR count). The Kier molecular flexibility index (Phi) is 5.24. The Hall–Kier alpha value is -0.840. The molecule has 1 unspecified atom stereocenters. The van der Waals surface area contributed by atoms with Gasteiger partial charge in [0.25, 0.3) is 5.91 Å². The molecule has 1 fully saturated rings. The van der Waals surface area contributed by atoms with Crippen LogP contribution in [0.1, 0.15) is 30.1 Å². The third-order valence-corrected chi connectivity index (χ3v) is 4.47. The van der Waals surface area contributed by atoms with Gasteiger partial charge < -0.3 is 4.90 Å². The van der Waals surface area contributed by atoms with E-state index in [1.54, 1.807) is 11.0 Å². The zero-order chi connectivity index (χ0) is 14.7. The molecule has 0 aromatic carbocycles. The molecule has 1 aromatic heterocycles. The normalized spacial score (nSPS) is 19.3. The molecule has 0 saturated carbocycles. The fourth-order valence-electron chi connectivity index (χ4n) is 2.68. The maximum absolute atomic E-state index is 12.4. The summed E-state index contributed by atoms with van der Waals surface area (Å²) < 4.78 is 0. The molecule has 1 aliphatic rings. The Bertz CT molecular complexity index is 495. The van der Waals surface area contributed by atoms with Crippen LogP contribution in [-0.4, -0.2) is 53.4 Å². The molecular formula is C14H19Cl2N3O. The molecule has 0 aliphatic carbocycles. The van der Waals surface area contributed by atoms with Crippen LogP contribution in [0.25, 0.3) is 0 Å². The van der Waals surface area contributed by atoms with Crippen molar-refractivity contribution in [3.05, 3.63) is 28.0 Å². The van der Waals surface area contributed by atoms with Crippen LogP contribution in [0.15, 0.2) is 12.3 Å². The average Bonchev–Trinajstić information content (AvgIpc) is 2.88. The van der Waals surface area contributed by atoms with Crippen molar-refractivity contribution in [3.8, 4) is 0 Å². The molecule has 1 atom stereocenters.